The number of benzene rings is 1. The molecule has 20 heavy (non-hydrogen) atoms. The topological polar surface area (TPSA) is 29.5 Å². The van der Waals surface area contributed by atoms with Gasteiger partial charge in [-0.15, -0.1) is 11.8 Å². The number of hydrogen-bond donors (Lipinski definition) is 0. The fourth-order valence-electron chi connectivity index (χ4n) is 3.06. The smallest absolute Gasteiger partial charge is 0.254 e. The van der Waals surface area contributed by atoms with Crippen LogP contribution in [0.3, 0.4) is 0 Å². The van der Waals surface area contributed by atoms with Crippen molar-refractivity contribution in [2.45, 2.75) is 31.6 Å². The number of hydrogen-bond acceptors (Lipinski definition) is 3. The first-order chi connectivity index (χ1) is 9.60. The van der Waals surface area contributed by atoms with E-state index in [1.807, 2.05) is 35.7 Å². The van der Waals surface area contributed by atoms with Crippen molar-refractivity contribution in [1.82, 2.24) is 4.90 Å². The van der Waals surface area contributed by atoms with Crippen LogP contribution < -0.4 is 0 Å². The lowest BCUT2D eigenvalue weighted by Crippen LogP contribution is -2.45. The molecule has 2 fully saturated rings. The highest BCUT2D eigenvalue weighted by Gasteiger charge is 2.40. The van der Waals surface area contributed by atoms with Crippen molar-refractivity contribution in [3.63, 3.8) is 0 Å². The summed E-state index contributed by atoms with van der Waals surface area (Å²) in [6.45, 7) is 6.54. The largest absolute Gasteiger partial charge is 0.363 e. The molecule has 0 aromatic heterocycles. The number of likely N-dealkylation sites (tertiary alicyclic amines) is 1. The number of thioether (sulfide) groups is 1. The third-order valence-electron chi connectivity index (χ3n) is 4.24. The van der Waals surface area contributed by atoms with Gasteiger partial charge in [0.15, 0.2) is 0 Å². The highest BCUT2D eigenvalue weighted by Crippen LogP contribution is 2.41. The zero-order valence-corrected chi connectivity index (χ0v) is 13.0. The molecule has 4 heteroatoms. The van der Waals surface area contributed by atoms with Crippen LogP contribution in [0.1, 0.15) is 34.3 Å². The minimum Gasteiger partial charge on any atom is -0.363 e. The molecule has 1 aromatic carbocycles. The van der Waals surface area contributed by atoms with E-state index in [2.05, 4.69) is 13.0 Å². The van der Waals surface area contributed by atoms with Gasteiger partial charge in [0.05, 0.1) is 6.61 Å². The van der Waals surface area contributed by atoms with E-state index in [4.69, 9.17) is 4.74 Å². The lowest BCUT2D eigenvalue weighted by atomic mass is 10.0. The molecule has 1 aromatic rings. The van der Waals surface area contributed by atoms with Gasteiger partial charge >= 0.3 is 0 Å². The van der Waals surface area contributed by atoms with E-state index in [0.717, 1.165) is 49.4 Å². The molecule has 2 saturated heterocycles. The number of aryl methyl sites for hydroxylation is 2. The molecule has 0 unspecified atom stereocenters. The standard InChI is InChI=1S/C16H21NO2S/c1-12-3-4-14(13(2)11-12)15(18)17-7-5-16(6-8-17)19-9-10-20-16/h3-4,11H,5-10H2,1-2H3. The van der Waals surface area contributed by atoms with Gasteiger partial charge in [-0.25, -0.2) is 0 Å². The van der Waals surface area contributed by atoms with Gasteiger partial charge < -0.3 is 9.64 Å². The Morgan fingerprint density at radius 3 is 2.65 bits per heavy atom. The average Bonchev–Trinajstić information content (AvgIpc) is 2.87. The maximum Gasteiger partial charge on any atom is 0.254 e. The fourth-order valence-corrected chi connectivity index (χ4v) is 4.24. The molecule has 0 bridgehead atoms. The van der Waals surface area contributed by atoms with Crippen LogP contribution in [0.25, 0.3) is 0 Å². The number of carbonyl (C=O) groups excluding carboxylic acids is 1. The van der Waals surface area contributed by atoms with Gasteiger partial charge in [0, 0.05) is 37.2 Å². The molecular formula is C16H21NO2S. The van der Waals surface area contributed by atoms with Crippen molar-refractivity contribution in [1.29, 1.82) is 0 Å². The van der Waals surface area contributed by atoms with E-state index >= 15 is 0 Å². The van der Waals surface area contributed by atoms with Gasteiger partial charge in [0.25, 0.3) is 5.91 Å². The van der Waals surface area contributed by atoms with E-state index in [-0.39, 0.29) is 10.8 Å². The lowest BCUT2D eigenvalue weighted by molar-refractivity contribution is 0.00351. The fraction of sp³-hybridized carbons (Fsp3) is 0.562. The number of rotatable bonds is 1. The Bertz CT molecular complexity index is 513. The molecule has 0 atom stereocenters. The Balaban J connectivity index is 1.69. The van der Waals surface area contributed by atoms with Crippen LogP contribution in [-0.4, -0.2) is 41.2 Å². The molecule has 1 amide bonds. The van der Waals surface area contributed by atoms with Gasteiger partial charge in [-0.1, -0.05) is 17.7 Å². The van der Waals surface area contributed by atoms with Crippen LogP contribution in [0.15, 0.2) is 18.2 Å². The van der Waals surface area contributed by atoms with Crippen LogP contribution >= 0.6 is 11.8 Å². The number of amides is 1. The first kappa shape index (κ1) is 14.0. The predicted octanol–water partition coefficient (Wildman–Crippen LogP) is 3.00. The van der Waals surface area contributed by atoms with E-state index in [9.17, 15) is 4.79 Å². The molecule has 0 N–H and O–H groups in total. The molecule has 2 heterocycles. The van der Waals surface area contributed by atoms with Crippen LogP contribution in [0.2, 0.25) is 0 Å². The van der Waals surface area contributed by atoms with E-state index in [0.29, 0.717) is 0 Å². The van der Waals surface area contributed by atoms with Gasteiger partial charge in [-0.2, -0.15) is 0 Å². The zero-order valence-electron chi connectivity index (χ0n) is 12.1. The van der Waals surface area contributed by atoms with Gasteiger partial charge in [0.2, 0.25) is 0 Å². The Morgan fingerprint density at radius 2 is 2.05 bits per heavy atom. The van der Waals surface area contributed by atoms with Crippen molar-refractivity contribution < 1.29 is 9.53 Å². The number of carbonyl (C=O) groups is 1. The SMILES string of the molecule is Cc1ccc(C(=O)N2CCC3(CC2)OCCS3)c(C)c1. The Labute approximate surface area is 124 Å². The molecule has 1 spiro atoms. The second kappa shape index (κ2) is 5.41. The average molecular weight is 291 g/mol. The van der Waals surface area contributed by atoms with Crippen LogP contribution in [0, 0.1) is 13.8 Å². The summed E-state index contributed by atoms with van der Waals surface area (Å²) in [5, 5.41) is 0. The highest BCUT2D eigenvalue weighted by molar-refractivity contribution is 8.00. The number of nitrogens with zero attached hydrogens (tertiary/aromatic N) is 1. The maximum absolute atomic E-state index is 12.6. The van der Waals surface area contributed by atoms with Crippen molar-refractivity contribution in [2.24, 2.45) is 0 Å². The van der Waals surface area contributed by atoms with E-state index < -0.39 is 0 Å². The molecule has 0 radical (unpaired) electrons. The van der Waals surface area contributed by atoms with Crippen LogP contribution in [0.5, 0.6) is 0 Å². The van der Waals surface area contributed by atoms with Crippen molar-refractivity contribution in [2.75, 3.05) is 25.4 Å². The molecule has 108 valence electrons. The predicted molar refractivity (Wildman–Crippen MR) is 82.2 cm³/mol. The van der Waals surface area contributed by atoms with E-state index in [1.165, 1.54) is 5.56 Å². The first-order valence-electron chi connectivity index (χ1n) is 7.24. The second-order valence-corrected chi connectivity index (χ2v) is 7.16. The Kier molecular flexibility index (Phi) is 3.78. The van der Waals surface area contributed by atoms with Crippen molar-refractivity contribution in [3.05, 3.63) is 34.9 Å². The number of piperidine rings is 1. The third-order valence-corrected chi connectivity index (χ3v) is 5.66. The summed E-state index contributed by atoms with van der Waals surface area (Å²) in [7, 11) is 0. The lowest BCUT2D eigenvalue weighted by Gasteiger charge is -2.38. The molecule has 2 aliphatic heterocycles. The van der Waals surface area contributed by atoms with E-state index in [1.54, 1.807) is 0 Å². The van der Waals surface area contributed by atoms with Gasteiger partial charge in [-0.3, -0.25) is 4.79 Å². The first-order valence-corrected chi connectivity index (χ1v) is 8.23. The summed E-state index contributed by atoms with van der Waals surface area (Å²) in [4.78, 5) is 14.6. The Hall–Kier alpha value is -1.00. The molecule has 2 aliphatic rings. The molecule has 3 nitrogen and oxygen atoms in total. The van der Waals surface area contributed by atoms with Crippen LogP contribution in [-0.2, 0) is 4.74 Å². The second-order valence-electron chi connectivity index (χ2n) is 5.72. The summed E-state index contributed by atoms with van der Waals surface area (Å²) < 4.78 is 5.88. The summed E-state index contributed by atoms with van der Waals surface area (Å²) in [5.41, 5.74) is 3.11. The third kappa shape index (κ3) is 2.59. The molecule has 0 aliphatic carbocycles. The summed E-state index contributed by atoms with van der Waals surface area (Å²) in [6, 6.07) is 6.05. The van der Waals surface area contributed by atoms with Crippen molar-refractivity contribution >= 4 is 17.7 Å². The van der Waals surface area contributed by atoms with Gasteiger partial charge in [-0.05, 0) is 25.5 Å². The number of ether oxygens (including phenoxy) is 1. The zero-order chi connectivity index (χ0) is 14.2. The summed E-state index contributed by atoms with van der Waals surface area (Å²) in [6.07, 6.45) is 1.91. The monoisotopic (exact) mass is 291 g/mol. The molecule has 3 rings (SSSR count). The maximum atomic E-state index is 12.6. The quantitative estimate of drug-likeness (QED) is 0.796. The summed E-state index contributed by atoms with van der Waals surface area (Å²) >= 11 is 1.92. The minimum absolute atomic E-state index is 0.000892. The summed E-state index contributed by atoms with van der Waals surface area (Å²) in [5.74, 6) is 1.26. The molecular weight excluding hydrogens is 270 g/mol. The Morgan fingerprint density at radius 1 is 1.30 bits per heavy atom. The van der Waals surface area contributed by atoms with Gasteiger partial charge in [0.1, 0.15) is 4.93 Å². The minimum atomic E-state index is -0.000892. The normalized spacial score (nSPS) is 21.4. The molecule has 0 saturated carbocycles. The van der Waals surface area contributed by atoms with Crippen molar-refractivity contribution in [3.8, 4) is 0 Å². The van der Waals surface area contributed by atoms with Crippen LogP contribution in [0.4, 0.5) is 0 Å². The highest BCUT2D eigenvalue weighted by atomic mass is 32.2.